The van der Waals surface area contributed by atoms with E-state index in [4.69, 9.17) is 14.9 Å². The number of aliphatic hydroxyl groups is 1. The maximum atomic E-state index is 13.5. The van der Waals surface area contributed by atoms with E-state index in [-0.39, 0.29) is 30.4 Å². The number of rotatable bonds is 10. The van der Waals surface area contributed by atoms with Crippen molar-refractivity contribution < 1.29 is 28.2 Å². The number of benzene rings is 3. The zero-order valence-electron chi connectivity index (χ0n) is 22.6. The summed E-state index contributed by atoms with van der Waals surface area (Å²) in [6.07, 6.45) is 3.70. The zero-order chi connectivity index (χ0) is 29.3. The largest absolute Gasteiger partial charge is 0.491 e. The molecule has 9 heteroatoms. The van der Waals surface area contributed by atoms with Crippen LogP contribution in [0.3, 0.4) is 0 Å². The van der Waals surface area contributed by atoms with Crippen LogP contribution in [0.4, 0.5) is 4.39 Å². The molecule has 1 saturated carbocycles. The molecule has 8 nitrogen and oxygen atoms in total. The van der Waals surface area contributed by atoms with E-state index >= 15 is 0 Å². The molecule has 1 aliphatic rings. The first-order chi connectivity index (χ1) is 20.4. The fourth-order valence-corrected chi connectivity index (χ4v) is 5.18. The lowest BCUT2D eigenvalue weighted by Crippen LogP contribution is -2.35. The Morgan fingerprint density at radius 2 is 1.86 bits per heavy atom. The van der Waals surface area contributed by atoms with Crippen molar-refractivity contribution in [3.05, 3.63) is 119 Å². The third kappa shape index (κ3) is 5.34. The number of furan rings is 1. The lowest BCUT2D eigenvalue weighted by molar-refractivity contribution is 0.0928. The third-order valence-electron chi connectivity index (χ3n) is 7.43. The van der Waals surface area contributed by atoms with Crippen LogP contribution in [0, 0.1) is 5.82 Å². The van der Waals surface area contributed by atoms with Gasteiger partial charge in [0, 0.05) is 29.1 Å². The Labute approximate surface area is 240 Å². The van der Waals surface area contributed by atoms with Crippen molar-refractivity contribution in [1.29, 1.82) is 0 Å². The van der Waals surface area contributed by atoms with E-state index in [1.54, 1.807) is 30.5 Å². The van der Waals surface area contributed by atoms with Crippen LogP contribution in [0.25, 0.3) is 22.3 Å². The van der Waals surface area contributed by atoms with Crippen LogP contribution in [0.2, 0.25) is 0 Å². The second kappa shape index (κ2) is 11.1. The van der Waals surface area contributed by atoms with Gasteiger partial charge in [0.25, 0.3) is 11.8 Å². The second-order valence-electron chi connectivity index (χ2n) is 10.3. The van der Waals surface area contributed by atoms with Crippen LogP contribution >= 0.6 is 0 Å². The number of primary amides is 1. The maximum absolute atomic E-state index is 13.5. The van der Waals surface area contributed by atoms with Crippen molar-refractivity contribution in [3.63, 3.8) is 0 Å². The number of aliphatic hydroxyl groups excluding tert-OH is 1. The molecule has 0 spiro atoms. The molecule has 2 aromatic heterocycles. The standard InChI is InChI=1S/C33H28FN3O5/c34-24-8-5-21(6-9-24)30-29(31(35)39)25-18-20(4-10-27(25)42-30)17-23-19-22(7-11-26(23)41-16-15-38)32(40)37-33(12-13-33)28-3-1-2-14-36-28/h1-11,14,18-19,38H,12-13,15-17H2,(H2,35,39)(H,37,40). The van der Waals surface area contributed by atoms with Crippen molar-refractivity contribution in [3.8, 4) is 17.1 Å². The number of nitrogens with one attached hydrogen (secondary N) is 1. The Bertz CT molecular complexity index is 1780. The van der Waals surface area contributed by atoms with E-state index in [2.05, 4.69) is 10.3 Å². The molecular weight excluding hydrogens is 537 g/mol. The van der Waals surface area contributed by atoms with Gasteiger partial charge in [-0.3, -0.25) is 14.6 Å². The van der Waals surface area contributed by atoms with Crippen LogP contribution in [0.15, 0.2) is 89.5 Å². The molecular formula is C33H28FN3O5. The molecule has 1 aliphatic carbocycles. The number of halogens is 1. The fourth-order valence-electron chi connectivity index (χ4n) is 5.18. The quantitative estimate of drug-likeness (QED) is 0.216. The zero-order valence-corrected chi connectivity index (χ0v) is 22.6. The summed E-state index contributed by atoms with van der Waals surface area (Å²) >= 11 is 0. The summed E-state index contributed by atoms with van der Waals surface area (Å²) in [5.41, 5.74) is 9.31. The average Bonchev–Trinajstić information content (AvgIpc) is 3.68. The summed E-state index contributed by atoms with van der Waals surface area (Å²) in [6, 6.07) is 21.9. The Hall–Kier alpha value is -5.02. The number of nitrogens with zero attached hydrogens (tertiary/aromatic N) is 1. The fraction of sp³-hybridized carbons (Fsp3) is 0.182. The Morgan fingerprint density at radius 3 is 2.55 bits per heavy atom. The third-order valence-corrected chi connectivity index (χ3v) is 7.43. The SMILES string of the molecule is NC(=O)c1c(-c2ccc(F)cc2)oc2ccc(Cc3cc(C(=O)NC4(c5ccccn5)CC4)ccc3OCCO)cc12. The van der Waals surface area contributed by atoms with Gasteiger partial charge in [-0.05, 0) is 90.7 Å². The van der Waals surface area contributed by atoms with E-state index in [9.17, 15) is 19.1 Å². The lowest BCUT2D eigenvalue weighted by Gasteiger charge is -2.18. The molecule has 1 fully saturated rings. The van der Waals surface area contributed by atoms with E-state index in [0.717, 1.165) is 29.7 Å². The number of carbonyl (C=O) groups excluding carboxylic acids is 2. The molecule has 2 heterocycles. The highest BCUT2D eigenvalue weighted by Crippen LogP contribution is 2.44. The van der Waals surface area contributed by atoms with Crippen molar-refractivity contribution in [1.82, 2.24) is 10.3 Å². The van der Waals surface area contributed by atoms with Gasteiger partial charge < -0.3 is 25.3 Å². The first-order valence-corrected chi connectivity index (χ1v) is 13.6. The number of hydrogen-bond donors (Lipinski definition) is 3. The number of carbonyl (C=O) groups is 2. The Kier molecular flexibility index (Phi) is 7.18. The highest BCUT2D eigenvalue weighted by atomic mass is 19.1. The van der Waals surface area contributed by atoms with E-state index in [1.165, 1.54) is 24.3 Å². The minimum Gasteiger partial charge on any atom is -0.491 e. The van der Waals surface area contributed by atoms with Gasteiger partial charge in [-0.2, -0.15) is 0 Å². The molecule has 0 unspecified atom stereocenters. The molecule has 0 bridgehead atoms. The molecule has 212 valence electrons. The summed E-state index contributed by atoms with van der Waals surface area (Å²) in [4.78, 5) is 30.3. The van der Waals surface area contributed by atoms with Crippen LogP contribution in [0.5, 0.6) is 5.75 Å². The topological polar surface area (TPSA) is 128 Å². The first kappa shape index (κ1) is 27.2. The van der Waals surface area contributed by atoms with Gasteiger partial charge in [0.05, 0.1) is 23.4 Å². The predicted octanol–water partition coefficient (Wildman–Crippen LogP) is 5.11. The molecule has 0 radical (unpaired) electrons. The van der Waals surface area contributed by atoms with E-state index < -0.39 is 17.3 Å². The summed E-state index contributed by atoms with van der Waals surface area (Å²) in [5, 5.41) is 13.0. The molecule has 5 aromatic rings. The number of aromatic nitrogens is 1. The van der Waals surface area contributed by atoms with E-state index in [1.807, 2.05) is 30.3 Å². The number of nitrogens with two attached hydrogens (primary N) is 1. The van der Waals surface area contributed by atoms with Gasteiger partial charge >= 0.3 is 0 Å². The second-order valence-corrected chi connectivity index (χ2v) is 10.3. The molecule has 6 rings (SSSR count). The van der Waals surface area contributed by atoms with Gasteiger partial charge in [0.2, 0.25) is 0 Å². The molecule has 0 aliphatic heterocycles. The van der Waals surface area contributed by atoms with Crippen LogP contribution in [-0.2, 0) is 12.0 Å². The van der Waals surface area contributed by atoms with Crippen molar-refractivity contribution in [2.75, 3.05) is 13.2 Å². The highest BCUT2D eigenvalue weighted by Gasteiger charge is 2.47. The van der Waals surface area contributed by atoms with Crippen molar-refractivity contribution in [2.45, 2.75) is 24.8 Å². The first-order valence-electron chi connectivity index (χ1n) is 13.6. The van der Waals surface area contributed by atoms with E-state index in [0.29, 0.717) is 34.3 Å². The number of fused-ring (bicyclic) bond motifs is 1. The predicted molar refractivity (Wildman–Crippen MR) is 155 cm³/mol. The number of amides is 2. The monoisotopic (exact) mass is 565 g/mol. The minimum atomic E-state index is -0.669. The number of pyridine rings is 1. The molecule has 0 atom stereocenters. The number of ether oxygens (including phenoxy) is 1. The minimum absolute atomic E-state index is 0.0922. The van der Waals surface area contributed by atoms with Gasteiger partial charge in [-0.15, -0.1) is 0 Å². The smallest absolute Gasteiger partial charge is 0.253 e. The molecule has 0 saturated heterocycles. The summed E-state index contributed by atoms with van der Waals surface area (Å²) in [7, 11) is 0. The molecule has 4 N–H and O–H groups in total. The lowest BCUT2D eigenvalue weighted by atomic mass is 9.98. The molecule has 3 aromatic carbocycles. The van der Waals surface area contributed by atoms with Crippen molar-refractivity contribution in [2.24, 2.45) is 5.73 Å². The Morgan fingerprint density at radius 1 is 1.05 bits per heavy atom. The summed E-state index contributed by atoms with van der Waals surface area (Å²) in [5.74, 6) is -0.504. The van der Waals surface area contributed by atoms with Gasteiger partial charge in [0.15, 0.2) is 0 Å². The molecule has 42 heavy (non-hydrogen) atoms. The average molecular weight is 566 g/mol. The summed E-state index contributed by atoms with van der Waals surface area (Å²) in [6.45, 7) is -0.0711. The normalized spacial score (nSPS) is 13.6. The molecule has 2 amide bonds. The maximum Gasteiger partial charge on any atom is 0.253 e. The van der Waals surface area contributed by atoms with Gasteiger partial charge in [-0.1, -0.05) is 12.1 Å². The Balaban J connectivity index is 1.33. The van der Waals surface area contributed by atoms with Gasteiger partial charge in [-0.25, -0.2) is 4.39 Å². The van der Waals surface area contributed by atoms with Crippen LogP contribution < -0.4 is 15.8 Å². The van der Waals surface area contributed by atoms with Gasteiger partial charge in [0.1, 0.15) is 29.5 Å². The highest BCUT2D eigenvalue weighted by molar-refractivity contribution is 6.10. The number of hydrogen-bond acceptors (Lipinski definition) is 6. The van der Waals surface area contributed by atoms with Crippen molar-refractivity contribution >= 4 is 22.8 Å². The van der Waals surface area contributed by atoms with Crippen LogP contribution in [-0.4, -0.2) is 35.1 Å². The summed E-state index contributed by atoms with van der Waals surface area (Å²) < 4.78 is 25.3. The van der Waals surface area contributed by atoms with Crippen LogP contribution in [0.1, 0.15) is 50.4 Å².